The molecule has 17 heavy (non-hydrogen) atoms. The first kappa shape index (κ1) is 13.8. The molecule has 0 aliphatic rings. The van der Waals surface area contributed by atoms with Gasteiger partial charge in [-0.25, -0.2) is 0 Å². The molecule has 96 valence electrons. The number of anilines is 1. The molecule has 0 spiro atoms. The Bertz CT molecular complexity index is 352. The Hall–Kier alpha value is -1.22. The van der Waals surface area contributed by atoms with Crippen LogP contribution in [-0.2, 0) is 6.54 Å². The molecular formula is C14H24N2O. The molecule has 0 radical (unpaired) electrons. The van der Waals surface area contributed by atoms with Crippen molar-refractivity contribution in [1.29, 1.82) is 0 Å². The van der Waals surface area contributed by atoms with E-state index in [4.69, 9.17) is 10.5 Å². The molecule has 0 aromatic heterocycles. The van der Waals surface area contributed by atoms with Crippen molar-refractivity contribution < 1.29 is 4.74 Å². The van der Waals surface area contributed by atoms with Gasteiger partial charge >= 0.3 is 0 Å². The van der Waals surface area contributed by atoms with E-state index in [2.05, 4.69) is 37.8 Å². The maximum absolute atomic E-state index is 5.81. The van der Waals surface area contributed by atoms with E-state index < -0.39 is 0 Å². The molecule has 2 N–H and O–H groups in total. The zero-order valence-corrected chi connectivity index (χ0v) is 11.4. The first-order chi connectivity index (χ1) is 8.17. The summed E-state index contributed by atoms with van der Waals surface area (Å²) >= 11 is 0. The topological polar surface area (TPSA) is 38.5 Å². The maximum atomic E-state index is 5.81. The van der Waals surface area contributed by atoms with Crippen molar-refractivity contribution in [3.8, 4) is 5.75 Å². The number of nitrogens with zero attached hydrogens (tertiary/aromatic N) is 1. The van der Waals surface area contributed by atoms with E-state index in [1.54, 1.807) is 7.11 Å². The van der Waals surface area contributed by atoms with Crippen LogP contribution in [0.2, 0.25) is 0 Å². The molecule has 3 heteroatoms. The molecule has 1 atom stereocenters. The lowest BCUT2D eigenvalue weighted by Crippen LogP contribution is -2.33. The standard InChI is InChI=1S/C14H24N2O/c1-5-11(3)16(6-2)14-9-13(17-4)8-7-12(14)10-15/h7-9,11H,5-6,10,15H2,1-4H3. The molecule has 1 aromatic carbocycles. The van der Waals surface area contributed by atoms with E-state index in [0.29, 0.717) is 12.6 Å². The van der Waals surface area contributed by atoms with E-state index >= 15 is 0 Å². The monoisotopic (exact) mass is 236 g/mol. The highest BCUT2D eigenvalue weighted by Gasteiger charge is 2.15. The van der Waals surface area contributed by atoms with E-state index in [-0.39, 0.29) is 0 Å². The van der Waals surface area contributed by atoms with Gasteiger partial charge in [0, 0.05) is 30.9 Å². The summed E-state index contributed by atoms with van der Waals surface area (Å²) in [6.07, 6.45) is 1.12. The number of hydrogen-bond donors (Lipinski definition) is 1. The quantitative estimate of drug-likeness (QED) is 0.825. The molecular weight excluding hydrogens is 212 g/mol. The Morgan fingerprint density at radius 3 is 2.53 bits per heavy atom. The molecule has 0 fully saturated rings. The van der Waals surface area contributed by atoms with Gasteiger partial charge in [0.25, 0.3) is 0 Å². The number of ether oxygens (including phenoxy) is 1. The molecule has 1 aromatic rings. The van der Waals surface area contributed by atoms with E-state index in [9.17, 15) is 0 Å². The molecule has 0 heterocycles. The molecule has 1 rings (SSSR count). The van der Waals surface area contributed by atoms with Gasteiger partial charge in [0.2, 0.25) is 0 Å². The molecule has 1 unspecified atom stereocenters. The summed E-state index contributed by atoms with van der Waals surface area (Å²) < 4.78 is 5.29. The predicted molar refractivity (Wildman–Crippen MR) is 73.7 cm³/mol. The van der Waals surface area contributed by atoms with Crippen molar-refractivity contribution in [3.05, 3.63) is 23.8 Å². The van der Waals surface area contributed by atoms with Crippen LogP contribution in [0, 0.1) is 0 Å². The fourth-order valence-electron chi connectivity index (χ4n) is 2.05. The van der Waals surface area contributed by atoms with Gasteiger partial charge in [0.05, 0.1) is 7.11 Å². The summed E-state index contributed by atoms with van der Waals surface area (Å²) in [7, 11) is 1.70. The van der Waals surface area contributed by atoms with Gasteiger partial charge in [-0.1, -0.05) is 13.0 Å². The molecule has 0 saturated heterocycles. The molecule has 0 amide bonds. The summed E-state index contributed by atoms with van der Waals surface area (Å²) in [5.74, 6) is 0.888. The van der Waals surface area contributed by atoms with Crippen LogP contribution in [0.4, 0.5) is 5.69 Å². The Labute approximate surface area is 105 Å². The second kappa shape index (κ2) is 6.50. The number of rotatable bonds is 6. The fraction of sp³-hybridized carbons (Fsp3) is 0.571. The summed E-state index contributed by atoms with van der Waals surface area (Å²) in [6.45, 7) is 8.16. The lowest BCUT2D eigenvalue weighted by Gasteiger charge is -2.31. The molecule has 0 aliphatic carbocycles. The van der Waals surface area contributed by atoms with Gasteiger partial charge in [-0.2, -0.15) is 0 Å². The van der Waals surface area contributed by atoms with Crippen LogP contribution in [-0.4, -0.2) is 19.7 Å². The number of benzene rings is 1. The van der Waals surface area contributed by atoms with E-state index in [0.717, 1.165) is 18.7 Å². The minimum atomic E-state index is 0.511. The van der Waals surface area contributed by atoms with Crippen LogP contribution in [0.5, 0.6) is 5.75 Å². The highest BCUT2D eigenvalue weighted by Crippen LogP contribution is 2.28. The average molecular weight is 236 g/mol. The summed E-state index contributed by atoms with van der Waals surface area (Å²) in [5.41, 5.74) is 8.18. The lowest BCUT2D eigenvalue weighted by atomic mass is 10.1. The zero-order valence-electron chi connectivity index (χ0n) is 11.4. The SMILES string of the molecule is CCC(C)N(CC)c1cc(OC)ccc1CN. The fourth-order valence-corrected chi connectivity index (χ4v) is 2.05. The predicted octanol–water partition coefficient (Wildman–Crippen LogP) is 2.78. The van der Waals surface area contributed by atoms with Crippen molar-refractivity contribution >= 4 is 5.69 Å². The van der Waals surface area contributed by atoms with Crippen LogP contribution in [0.25, 0.3) is 0 Å². The summed E-state index contributed by atoms with van der Waals surface area (Å²) in [6, 6.07) is 6.62. The van der Waals surface area contributed by atoms with Crippen LogP contribution in [0.15, 0.2) is 18.2 Å². The molecule has 0 bridgehead atoms. The first-order valence-corrected chi connectivity index (χ1v) is 6.31. The minimum Gasteiger partial charge on any atom is -0.497 e. The zero-order chi connectivity index (χ0) is 12.8. The number of nitrogens with two attached hydrogens (primary N) is 1. The minimum absolute atomic E-state index is 0.511. The van der Waals surface area contributed by atoms with Gasteiger partial charge in [-0.15, -0.1) is 0 Å². The van der Waals surface area contributed by atoms with Gasteiger partial charge in [-0.3, -0.25) is 0 Å². The van der Waals surface area contributed by atoms with Gasteiger partial charge in [-0.05, 0) is 31.9 Å². The Balaban J connectivity index is 3.14. The average Bonchev–Trinajstić information content (AvgIpc) is 2.39. The normalized spacial score (nSPS) is 12.3. The highest BCUT2D eigenvalue weighted by atomic mass is 16.5. The Morgan fingerprint density at radius 1 is 1.35 bits per heavy atom. The van der Waals surface area contributed by atoms with Crippen LogP contribution >= 0.6 is 0 Å². The summed E-state index contributed by atoms with van der Waals surface area (Å²) in [5, 5.41) is 0. The van der Waals surface area contributed by atoms with Crippen molar-refractivity contribution in [1.82, 2.24) is 0 Å². The van der Waals surface area contributed by atoms with E-state index in [1.807, 2.05) is 6.07 Å². The number of hydrogen-bond acceptors (Lipinski definition) is 3. The third kappa shape index (κ3) is 3.13. The van der Waals surface area contributed by atoms with Gasteiger partial charge in [0.15, 0.2) is 0 Å². The van der Waals surface area contributed by atoms with Crippen LogP contribution < -0.4 is 15.4 Å². The maximum Gasteiger partial charge on any atom is 0.120 e. The van der Waals surface area contributed by atoms with Crippen LogP contribution in [0.1, 0.15) is 32.8 Å². The van der Waals surface area contributed by atoms with E-state index in [1.165, 1.54) is 11.3 Å². The largest absolute Gasteiger partial charge is 0.497 e. The second-order valence-electron chi connectivity index (χ2n) is 4.24. The first-order valence-electron chi connectivity index (χ1n) is 6.31. The molecule has 3 nitrogen and oxygen atoms in total. The lowest BCUT2D eigenvalue weighted by molar-refractivity contribution is 0.414. The Kier molecular flexibility index (Phi) is 5.29. The Morgan fingerprint density at radius 2 is 2.06 bits per heavy atom. The third-order valence-electron chi connectivity index (χ3n) is 3.29. The highest BCUT2D eigenvalue weighted by molar-refractivity contribution is 5.58. The summed E-state index contributed by atoms with van der Waals surface area (Å²) in [4.78, 5) is 2.38. The second-order valence-corrected chi connectivity index (χ2v) is 4.24. The molecule has 0 saturated carbocycles. The van der Waals surface area contributed by atoms with Crippen molar-refractivity contribution in [2.24, 2.45) is 5.73 Å². The van der Waals surface area contributed by atoms with Crippen molar-refractivity contribution in [2.45, 2.75) is 39.8 Å². The van der Waals surface area contributed by atoms with Crippen LogP contribution in [0.3, 0.4) is 0 Å². The van der Waals surface area contributed by atoms with Gasteiger partial charge < -0.3 is 15.4 Å². The molecule has 0 aliphatic heterocycles. The number of methoxy groups -OCH3 is 1. The van der Waals surface area contributed by atoms with Gasteiger partial charge in [0.1, 0.15) is 5.75 Å². The van der Waals surface area contributed by atoms with Crippen molar-refractivity contribution in [3.63, 3.8) is 0 Å². The smallest absolute Gasteiger partial charge is 0.120 e. The van der Waals surface area contributed by atoms with Crippen molar-refractivity contribution in [2.75, 3.05) is 18.6 Å². The third-order valence-corrected chi connectivity index (χ3v) is 3.29.